The first-order chi connectivity index (χ1) is 9.33. The number of nitrogens with zero attached hydrogens (tertiary/aromatic N) is 1. The standard InChI is InChI=1S/C15H15ClN2S/c16-14-7-3-6-12(15-13(18-14)8-9-19-15)17-10-11-4-1-2-5-11/h1-2,4,7-9,17H,3,5-6,10H2/b14-7-,15-12-,18-13-. The lowest BCUT2D eigenvalue weighted by Gasteiger charge is -2.11. The summed E-state index contributed by atoms with van der Waals surface area (Å²) in [4.78, 5) is 4.44. The monoisotopic (exact) mass is 290 g/mol. The molecule has 0 aromatic carbocycles. The SMILES string of the molecule is ClC1=C\CC/C(NCC2=CC=CC2)=c2/scc/c2=N/1. The summed E-state index contributed by atoms with van der Waals surface area (Å²) in [6.07, 6.45) is 11.5. The normalized spacial score (nSPS) is 25.4. The minimum Gasteiger partial charge on any atom is -0.383 e. The van der Waals surface area contributed by atoms with E-state index in [4.69, 9.17) is 11.6 Å². The average Bonchev–Trinajstić information content (AvgIpc) is 3.03. The van der Waals surface area contributed by atoms with E-state index in [1.165, 1.54) is 15.8 Å². The summed E-state index contributed by atoms with van der Waals surface area (Å²) in [6.45, 7) is 0.914. The fraction of sp³-hybridized carbons (Fsp3) is 0.267. The van der Waals surface area contributed by atoms with Gasteiger partial charge in [-0.2, -0.15) is 0 Å². The Labute approximate surface area is 121 Å². The van der Waals surface area contributed by atoms with E-state index in [0.717, 1.165) is 31.2 Å². The minimum absolute atomic E-state index is 0.599. The molecule has 1 aliphatic heterocycles. The van der Waals surface area contributed by atoms with Crippen molar-refractivity contribution in [1.29, 1.82) is 0 Å². The molecule has 1 aromatic rings. The van der Waals surface area contributed by atoms with Crippen molar-refractivity contribution in [2.24, 2.45) is 4.99 Å². The molecule has 1 aliphatic carbocycles. The van der Waals surface area contributed by atoms with Crippen molar-refractivity contribution in [2.75, 3.05) is 6.54 Å². The van der Waals surface area contributed by atoms with Crippen LogP contribution in [0.4, 0.5) is 0 Å². The van der Waals surface area contributed by atoms with E-state index in [1.807, 2.05) is 12.1 Å². The van der Waals surface area contributed by atoms with Gasteiger partial charge in [0.05, 0.1) is 9.89 Å². The van der Waals surface area contributed by atoms with Crippen LogP contribution >= 0.6 is 22.9 Å². The predicted octanol–water partition coefficient (Wildman–Crippen LogP) is 2.83. The smallest absolute Gasteiger partial charge is 0.125 e. The number of hydrogen-bond acceptors (Lipinski definition) is 3. The molecule has 4 heteroatoms. The lowest BCUT2D eigenvalue weighted by atomic mass is 10.2. The van der Waals surface area contributed by atoms with E-state index in [0.29, 0.717) is 5.16 Å². The van der Waals surface area contributed by atoms with Gasteiger partial charge in [-0.05, 0) is 42.4 Å². The van der Waals surface area contributed by atoms with E-state index in [2.05, 4.69) is 33.9 Å². The molecule has 0 fully saturated rings. The Morgan fingerprint density at radius 2 is 2.37 bits per heavy atom. The highest BCUT2D eigenvalue weighted by atomic mass is 35.5. The molecule has 0 bridgehead atoms. The minimum atomic E-state index is 0.599. The summed E-state index contributed by atoms with van der Waals surface area (Å²) in [5.74, 6) is 0. The number of fused-ring (bicyclic) bond motifs is 1. The largest absolute Gasteiger partial charge is 0.383 e. The summed E-state index contributed by atoms with van der Waals surface area (Å²) in [5.41, 5.74) is 2.71. The van der Waals surface area contributed by atoms with Gasteiger partial charge in [-0.25, -0.2) is 4.99 Å². The molecule has 2 nitrogen and oxygen atoms in total. The highest BCUT2D eigenvalue weighted by molar-refractivity contribution is 7.07. The Bertz CT molecular complexity index is 679. The second-order valence-corrected chi connectivity index (χ2v) is 5.90. The number of rotatable bonds is 3. The van der Waals surface area contributed by atoms with Crippen molar-refractivity contribution in [3.8, 4) is 0 Å². The Morgan fingerprint density at radius 1 is 1.42 bits per heavy atom. The van der Waals surface area contributed by atoms with Gasteiger partial charge in [-0.1, -0.05) is 29.8 Å². The van der Waals surface area contributed by atoms with Gasteiger partial charge in [0, 0.05) is 12.2 Å². The number of thiophene rings is 1. The number of allylic oxidation sites excluding steroid dienone is 4. The van der Waals surface area contributed by atoms with Crippen molar-refractivity contribution >= 4 is 28.6 Å². The summed E-state index contributed by atoms with van der Waals surface area (Å²) in [5, 5.41) is 7.22. The van der Waals surface area contributed by atoms with Crippen LogP contribution in [0.5, 0.6) is 0 Å². The molecule has 1 N–H and O–H groups in total. The quantitative estimate of drug-likeness (QED) is 0.851. The highest BCUT2D eigenvalue weighted by Gasteiger charge is 2.06. The van der Waals surface area contributed by atoms with Gasteiger partial charge in [-0.3, -0.25) is 0 Å². The molecule has 2 aliphatic rings. The van der Waals surface area contributed by atoms with E-state index < -0.39 is 0 Å². The van der Waals surface area contributed by atoms with E-state index in [1.54, 1.807) is 11.3 Å². The van der Waals surface area contributed by atoms with Crippen LogP contribution in [-0.4, -0.2) is 6.54 Å². The summed E-state index contributed by atoms with van der Waals surface area (Å²) in [6, 6.07) is 2.03. The van der Waals surface area contributed by atoms with Crippen LogP contribution < -0.4 is 15.2 Å². The zero-order chi connectivity index (χ0) is 13.1. The van der Waals surface area contributed by atoms with Gasteiger partial charge in [0.25, 0.3) is 0 Å². The zero-order valence-corrected chi connectivity index (χ0v) is 12.1. The van der Waals surface area contributed by atoms with Crippen LogP contribution in [0.2, 0.25) is 0 Å². The van der Waals surface area contributed by atoms with Crippen molar-refractivity contribution in [1.82, 2.24) is 5.32 Å². The van der Waals surface area contributed by atoms with E-state index in [9.17, 15) is 0 Å². The predicted molar refractivity (Wildman–Crippen MR) is 81.5 cm³/mol. The molecule has 19 heavy (non-hydrogen) atoms. The topological polar surface area (TPSA) is 24.4 Å². The van der Waals surface area contributed by atoms with Gasteiger partial charge in [-0.15, -0.1) is 11.3 Å². The van der Waals surface area contributed by atoms with Crippen LogP contribution in [-0.2, 0) is 0 Å². The molecule has 1 aromatic heterocycles. The lowest BCUT2D eigenvalue weighted by molar-refractivity contribution is 0.866. The second kappa shape index (κ2) is 5.76. The van der Waals surface area contributed by atoms with Crippen LogP contribution in [0.15, 0.2) is 51.5 Å². The highest BCUT2D eigenvalue weighted by Crippen LogP contribution is 2.13. The van der Waals surface area contributed by atoms with Crippen molar-refractivity contribution in [3.63, 3.8) is 0 Å². The van der Waals surface area contributed by atoms with Gasteiger partial charge < -0.3 is 5.32 Å². The molecular weight excluding hydrogens is 276 g/mol. The van der Waals surface area contributed by atoms with Gasteiger partial charge in [0.2, 0.25) is 0 Å². The third kappa shape index (κ3) is 2.99. The molecule has 0 amide bonds. The van der Waals surface area contributed by atoms with Crippen molar-refractivity contribution in [2.45, 2.75) is 19.3 Å². The first kappa shape index (κ1) is 12.7. The Hall–Kier alpha value is -1.32. The fourth-order valence-electron chi connectivity index (χ4n) is 2.24. The van der Waals surface area contributed by atoms with Gasteiger partial charge >= 0.3 is 0 Å². The summed E-state index contributed by atoms with van der Waals surface area (Å²) >= 11 is 7.79. The van der Waals surface area contributed by atoms with Gasteiger partial charge in [0.15, 0.2) is 0 Å². The second-order valence-electron chi connectivity index (χ2n) is 4.60. The molecule has 0 radical (unpaired) electrons. The summed E-state index contributed by atoms with van der Waals surface area (Å²) in [7, 11) is 0. The van der Waals surface area contributed by atoms with E-state index >= 15 is 0 Å². The van der Waals surface area contributed by atoms with Crippen LogP contribution in [0, 0.1) is 0 Å². The molecule has 98 valence electrons. The first-order valence-corrected chi connectivity index (χ1v) is 7.68. The van der Waals surface area contributed by atoms with E-state index in [-0.39, 0.29) is 0 Å². The van der Waals surface area contributed by atoms with Crippen LogP contribution in [0.3, 0.4) is 0 Å². The molecule has 2 heterocycles. The first-order valence-electron chi connectivity index (χ1n) is 6.42. The number of halogens is 1. The Morgan fingerprint density at radius 3 is 3.21 bits per heavy atom. The molecule has 0 saturated heterocycles. The fourth-order valence-corrected chi connectivity index (χ4v) is 3.32. The van der Waals surface area contributed by atoms with Crippen LogP contribution in [0.25, 0.3) is 5.70 Å². The Balaban J connectivity index is 1.90. The van der Waals surface area contributed by atoms with Crippen molar-refractivity contribution in [3.05, 3.63) is 56.4 Å². The molecular formula is C15H15ClN2S. The maximum atomic E-state index is 6.06. The molecule has 0 atom stereocenters. The van der Waals surface area contributed by atoms with Crippen LogP contribution in [0.1, 0.15) is 19.3 Å². The Kier molecular flexibility index (Phi) is 3.85. The third-order valence-corrected chi connectivity index (χ3v) is 4.43. The molecule has 0 spiro atoms. The molecule has 0 unspecified atom stereocenters. The average molecular weight is 291 g/mol. The zero-order valence-electron chi connectivity index (χ0n) is 10.5. The summed E-state index contributed by atoms with van der Waals surface area (Å²) < 4.78 is 1.22. The van der Waals surface area contributed by atoms with Crippen molar-refractivity contribution < 1.29 is 0 Å². The molecule has 3 rings (SSSR count). The maximum Gasteiger partial charge on any atom is 0.125 e. The van der Waals surface area contributed by atoms with Gasteiger partial charge in [0.1, 0.15) is 5.16 Å². The lowest BCUT2D eigenvalue weighted by Crippen LogP contribution is -2.29. The number of hydrogen-bond donors (Lipinski definition) is 1. The number of nitrogens with one attached hydrogen (secondary N) is 1. The third-order valence-electron chi connectivity index (χ3n) is 3.23. The maximum absolute atomic E-state index is 6.06. The molecule has 0 saturated carbocycles.